The van der Waals surface area contributed by atoms with Crippen molar-refractivity contribution in [3.05, 3.63) is 12.2 Å². The first-order valence-corrected chi connectivity index (χ1v) is 8.93. The van der Waals surface area contributed by atoms with E-state index in [1.54, 1.807) is 0 Å². The van der Waals surface area contributed by atoms with Gasteiger partial charge in [0, 0.05) is 17.3 Å². The highest BCUT2D eigenvalue weighted by atomic mass is 16.4. The first-order chi connectivity index (χ1) is 10.0. The van der Waals surface area contributed by atoms with Gasteiger partial charge in [-0.25, -0.2) is 0 Å². The van der Waals surface area contributed by atoms with Crippen molar-refractivity contribution in [1.29, 1.82) is 0 Å². The summed E-state index contributed by atoms with van der Waals surface area (Å²) >= 11 is 0. The van der Waals surface area contributed by atoms with Crippen LogP contribution in [0.4, 0.5) is 0 Å². The Morgan fingerprint density at radius 2 is 1.67 bits per heavy atom. The van der Waals surface area contributed by atoms with Crippen molar-refractivity contribution in [1.82, 2.24) is 0 Å². The van der Waals surface area contributed by atoms with Crippen LogP contribution < -0.4 is 5.11 Å². The van der Waals surface area contributed by atoms with Crippen LogP contribution in [0.3, 0.4) is 0 Å². The Balaban J connectivity index is 1.62. The minimum absolute atomic E-state index is 0.0842. The number of fused-ring (bicyclic) bond motifs is 3. The minimum Gasteiger partial charge on any atom is -0.550 e. The maximum atomic E-state index is 11.8. The van der Waals surface area contributed by atoms with Gasteiger partial charge in [0.15, 0.2) is 0 Å². The lowest BCUT2D eigenvalue weighted by molar-refractivity contribution is -0.318. The van der Waals surface area contributed by atoms with E-state index in [2.05, 4.69) is 19.1 Å². The second kappa shape index (κ2) is 3.75. The summed E-state index contributed by atoms with van der Waals surface area (Å²) in [4.78, 5) is 11.8. The number of carbonyl (C=O) groups is 1. The van der Waals surface area contributed by atoms with Crippen LogP contribution >= 0.6 is 0 Å². The molecule has 0 aromatic rings. The lowest BCUT2D eigenvalue weighted by atomic mass is 9.38. The molecular formula is C19H25O2-. The predicted octanol–water partition coefficient (Wildman–Crippen LogP) is 2.78. The normalized spacial score (nSPS) is 59.9. The molecule has 5 saturated carbocycles. The molecule has 6 bridgehead atoms. The molecule has 0 aromatic heterocycles. The summed E-state index contributed by atoms with van der Waals surface area (Å²) in [6.45, 7) is 2.47. The summed E-state index contributed by atoms with van der Waals surface area (Å²) in [6, 6.07) is 0. The molecule has 0 heterocycles. The first-order valence-electron chi connectivity index (χ1n) is 8.93. The van der Waals surface area contributed by atoms with Crippen LogP contribution in [-0.2, 0) is 4.79 Å². The van der Waals surface area contributed by atoms with Crippen molar-refractivity contribution in [2.75, 3.05) is 0 Å². The van der Waals surface area contributed by atoms with Gasteiger partial charge >= 0.3 is 0 Å². The van der Waals surface area contributed by atoms with E-state index >= 15 is 0 Å². The minimum atomic E-state index is -0.781. The van der Waals surface area contributed by atoms with Crippen molar-refractivity contribution in [3.8, 4) is 0 Å². The number of aliphatic carboxylic acids is 1. The quantitative estimate of drug-likeness (QED) is 0.732. The molecule has 0 aromatic carbocycles. The highest BCUT2D eigenvalue weighted by Crippen LogP contribution is 2.74. The smallest absolute Gasteiger partial charge is 0.0454 e. The van der Waals surface area contributed by atoms with Gasteiger partial charge in [0.2, 0.25) is 0 Å². The van der Waals surface area contributed by atoms with Gasteiger partial charge in [0.05, 0.1) is 0 Å². The standard InChI is InChI=1S/C19H26O2/c1-18(14-5-12-4-13(7-14)8-15(18)6-12)19-3-2-11(10-19)9-16(19)17(20)21/h2-3,11-16H,4-10H2,1H3,(H,20,21)/p-1. The molecule has 5 fully saturated rings. The van der Waals surface area contributed by atoms with E-state index in [1.807, 2.05) is 0 Å². The Bertz CT molecular complexity index is 506. The molecule has 2 heteroatoms. The fourth-order valence-electron chi connectivity index (χ4n) is 7.82. The van der Waals surface area contributed by atoms with Crippen LogP contribution in [0.2, 0.25) is 0 Å². The van der Waals surface area contributed by atoms with E-state index in [-0.39, 0.29) is 16.7 Å². The second-order valence-electron chi connectivity index (χ2n) is 9.06. The van der Waals surface area contributed by atoms with Crippen molar-refractivity contribution in [2.24, 2.45) is 46.3 Å². The third kappa shape index (κ3) is 1.34. The van der Waals surface area contributed by atoms with Gasteiger partial charge in [0.1, 0.15) is 0 Å². The van der Waals surface area contributed by atoms with Gasteiger partial charge in [-0.15, -0.1) is 0 Å². The predicted molar refractivity (Wildman–Crippen MR) is 77.9 cm³/mol. The molecule has 0 spiro atoms. The highest BCUT2D eigenvalue weighted by molar-refractivity contribution is 5.71. The average Bonchev–Trinajstić information content (AvgIpc) is 3.03. The number of carboxylic acids is 1. The zero-order chi connectivity index (χ0) is 14.4. The van der Waals surface area contributed by atoms with E-state index in [9.17, 15) is 9.90 Å². The summed E-state index contributed by atoms with van der Waals surface area (Å²) in [5.41, 5.74) is 0.131. The van der Waals surface area contributed by atoms with Crippen LogP contribution in [0.25, 0.3) is 0 Å². The third-order valence-electron chi connectivity index (χ3n) is 8.55. The Hall–Kier alpha value is -0.790. The molecule has 114 valence electrons. The van der Waals surface area contributed by atoms with Crippen molar-refractivity contribution in [2.45, 2.75) is 51.9 Å². The van der Waals surface area contributed by atoms with Crippen LogP contribution in [0.5, 0.6) is 0 Å². The molecule has 0 radical (unpaired) electrons. The van der Waals surface area contributed by atoms with Gasteiger partial charge in [-0.05, 0) is 80.0 Å². The Kier molecular flexibility index (Phi) is 2.27. The molecule has 6 rings (SSSR count). The molecule has 21 heavy (non-hydrogen) atoms. The topological polar surface area (TPSA) is 40.1 Å². The molecule has 3 unspecified atom stereocenters. The van der Waals surface area contributed by atoms with E-state index in [1.165, 1.54) is 32.1 Å². The largest absolute Gasteiger partial charge is 0.550 e. The van der Waals surface area contributed by atoms with Gasteiger partial charge in [-0.1, -0.05) is 19.1 Å². The third-order valence-corrected chi connectivity index (χ3v) is 8.55. The molecular weight excluding hydrogens is 260 g/mol. The van der Waals surface area contributed by atoms with Gasteiger partial charge < -0.3 is 9.90 Å². The van der Waals surface area contributed by atoms with Crippen molar-refractivity contribution < 1.29 is 9.90 Å². The average molecular weight is 285 g/mol. The van der Waals surface area contributed by atoms with Crippen molar-refractivity contribution in [3.63, 3.8) is 0 Å². The van der Waals surface area contributed by atoms with Crippen LogP contribution in [0, 0.1) is 46.3 Å². The number of carboxylic acid groups (broad SMARTS) is 1. The van der Waals surface area contributed by atoms with E-state index < -0.39 is 5.97 Å². The number of allylic oxidation sites excluding steroid dienone is 2. The Morgan fingerprint density at radius 3 is 2.19 bits per heavy atom. The maximum Gasteiger partial charge on any atom is 0.0454 e. The maximum absolute atomic E-state index is 11.8. The fraction of sp³-hybridized carbons (Fsp3) is 0.842. The fourth-order valence-corrected chi connectivity index (χ4v) is 7.82. The van der Waals surface area contributed by atoms with Crippen LogP contribution in [-0.4, -0.2) is 5.97 Å². The van der Waals surface area contributed by atoms with Crippen molar-refractivity contribution >= 4 is 5.97 Å². The summed E-state index contributed by atoms with van der Waals surface area (Å²) in [6.07, 6.45) is 13.5. The summed E-state index contributed by atoms with van der Waals surface area (Å²) in [7, 11) is 0. The molecule has 0 amide bonds. The van der Waals surface area contributed by atoms with E-state index in [0.717, 1.165) is 36.5 Å². The molecule has 0 aliphatic heterocycles. The SMILES string of the molecule is CC1(C23C=CC(CC2C(=O)[O-])C3)C2CC3CC(C2)CC1C3. The molecule has 6 aliphatic carbocycles. The van der Waals surface area contributed by atoms with Gasteiger partial charge in [0.25, 0.3) is 0 Å². The lowest BCUT2D eigenvalue weighted by Crippen LogP contribution is -2.61. The number of hydrogen-bond acceptors (Lipinski definition) is 2. The lowest BCUT2D eigenvalue weighted by Gasteiger charge is -2.66. The highest BCUT2D eigenvalue weighted by Gasteiger charge is 2.67. The Morgan fingerprint density at radius 1 is 1.05 bits per heavy atom. The second-order valence-corrected chi connectivity index (χ2v) is 9.06. The first kappa shape index (κ1) is 12.7. The van der Waals surface area contributed by atoms with E-state index in [4.69, 9.17) is 0 Å². The number of carbonyl (C=O) groups excluding carboxylic acids is 1. The molecule has 3 atom stereocenters. The molecule has 0 saturated heterocycles. The summed E-state index contributed by atoms with van der Waals surface area (Å²) < 4.78 is 0. The summed E-state index contributed by atoms with van der Waals surface area (Å²) in [5, 5.41) is 11.8. The van der Waals surface area contributed by atoms with E-state index in [0.29, 0.717) is 5.92 Å². The zero-order valence-corrected chi connectivity index (χ0v) is 12.9. The summed E-state index contributed by atoms with van der Waals surface area (Å²) in [5.74, 6) is 2.91. The molecule has 6 aliphatic rings. The van der Waals surface area contributed by atoms with Crippen LogP contribution in [0.15, 0.2) is 12.2 Å². The molecule has 0 N–H and O–H groups in total. The Labute approximate surface area is 127 Å². The van der Waals surface area contributed by atoms with Gasteiger partial charge in [-0.3, -0.25) is 0 Å². The van der Waals surface area contributed by atoms with Crippen LogP contribution in [0.1, 0.15) is 51.9 Å². The van der Waals surface area contributed by atoms with Gasteiger partial charge in [-0.2, -0.15) is 0 Å². The monoisotopic (exact) mass is 285 g/mol. The molecule has 2 nitrogen and oxygen atoms in total. The number of rotatable bonds is 2. The zero-order valence-electron chi connectivity index (χ0n) is 12.9. The number of hydrogen-bond donors (Lipinski definition) is 0.